The number of H-pyrrole nitrogens is 1. The molecule has 2 heterocycles. The van der Waals surface area contributed by atoms with Gasteiger partial charge in [-0.05, 0) is 14.0 Å². The maximum absolute atomic E-state index is 12.1. The molecule has 0 aliphatic carbocycles. The molecule has 0 unspecified atom stereocenters. The Morgan fingerprint density at radius 1 is 1.42 bits per heavy atom. The van der Waals surface area contributed by atoms with Crippen molar-refractivity contribution in [1.82, 2.24) is 25.2 Å². The van der Waals surface area contributed by atoms with Crippen molar-refractivity contribution in [3.8, 4) is 0 Å². The van der Waals surface area contributed by atoms with Crippen molar-refractivity contribution in [2.24, 2.45) is 0 Å². The van der Waals surface area contributed by atoms with Gasteiger partial charge in [0.05, 0.1) is 12.7 Å². The highest BCUT2D eigenvalue weighted by Crippen LogP contribution is 2.13. The van der Waals surface area contributed by atoms with Crippen molar-refractivity contribution in [3.63, 3.8) is 0 Å². The van der Waals surface area contributed by atoms with E-state index >= 15 is 0 Å². The van der Waals surface area contributed by atoms with E-state index in [1.807, 2.05) is 12.3 Å². The van der Waals surface area contributed by atoms with Crippen LogP contribution in [0.4, 0.5) is 0 Å². The lowest BCUT2D eigenvalue weighted by molar-refractivity contribution is 0.574. The number of aromatic nitrogens is 3. The number of aryl methyl sites for hydroxylation is 1. The highest BCUT2D eigenvalue weighted by atomic mass is 32.2. The summed E-state index contributed by atoms with van der Waals surface area (Å²) in [4.78, 5) is 4.21. The molecular weight excluding hydrogens is 286 g/mol. The Hall–Kier alpha value is -1.29. The van der Waals surface area contributed by atoms with Crippen molar-refractivity contribution in [3.05, 3.63) is 27.8 Å². The first-order valence-corrected chi connectivity index (χ1v) is 7.96. The van der Waals surface area contributed by atoms with Crippen LogP contribution in [0.15, 0.2) is 16.6 Å². The second-order valence-corrected chi connectivity index (χ2v) is 6.61. The van der Waals surface area contributed by atoms with Crippen LogP contribution in [-0.4, -0.2) is 30.6 Å². The molecule has 0 aliphatic heterocycles. The summed E-state index contributed by atoms with van der Waals surface area (Å²) in [6.07, 6.45) is 1.50. The zero-order valence-corrected chi connectivity index (χ0v) is 12.2. The number of hydrogen-bond acceptors (Lipinski definition) is 6. The second kappa shape index (κ2) is 5.78. The third-order valence-electron chi connectivity index (χ3n) is 2.39. The summed E-state index contributed by atoms with van der Waals surface area (Å²) in [5.74, 6) is 0. The van der Waals surface area contributed by atoms with Gasteiger partial charge in [-0.15, -0.1) is 11.3 Å². The summed E-state index contributed by atoms with van der Waals surface area (Å²) in [6, 6.07) is 0. The number of thiazole rings is 1. The maximum atomic E-state index is 12.1. The Morgan fingerprint density at radius 2 is 2.21 bits per heavy atom. The molecule has 0 saturated carbocycles. The fraction of sp³-hybridized carbons (Fsp3) is 0.400. The van der Waals surface area contributed by atoms with Gasteiger partial charge in [-0.2, -0.15) is 5.10 Å². The molecule has 19 heavy (non-hydrogen) atoms. The monoisotopic (exact) mass is 301 g/mol. The van der Waals surface area contributed by atoms with Crippen LogP contribution in [-0.2, 0) is 23.1 Å². The van der Waals surface area contributed by atoms with Crippen LogP contribution >= 0.6 is 11.3 Å². The van der Waals surface area contributed by atoms with E-state index in [4.69, 9.17) is 0 Å². The van der Waals surface area contributed by atoms with E-state index in [1.54, 1.807) is 7.05 Å². The van der Waals surface area contributed by atoms with Crippen LogP contribution in [0.3, 0.4) is 0 Å². The molecule has 0 atom stereocenters. The lowest BCUT2D eigenvalue weighted by atomic mass is 10.4. The third-order valence-corrected chi connectivity index (χ3v) is 4.78. The Balaban J connectivity index is 2.11. The highest BCUT2D eigenvalue weighted by molar-refractivity contribution is 7.89. The Labute approximate surface area is 115 Å². The first kappa shape index (κ1) is 14.1. The Morgan fingerprint density at radius 3 is 2.84 bits per heavy atom. The van der Waals surface area contributed by atoms with Gasteiger partial charge < -0.3 is 5.32 Å². The molecule has 0 bridgehead atoms. The predicted octanol–water partition coefficient (Wildman–Crippen LogP) is 0.373. The molecule has 7 nitrogen and oxygen atoms in total. The Bertz CT molecular complexity index is 646. The molecule has 2 rings (SSSR count). The highest BCUT2D eigenvalue weighted by Gasteiger charge is 2.20. The molecule has 0 fully saturated rings. The topological polar surface area (TPSA) is 99.8 Å². The van der Waals surface area contributed by atoms with Gasteiger partial charge in [0.1, 0.15) is 5.01 Å². The lowest BCUT2D eigenvalue weighted by Gasteiger charge is -2.05. The number of aromatic amines is 1. The van der Waals surface area contributed by atoms with Crippen LogP contribution in [0.2, 0.25) is 0 Å². The van der Waals surface area contributed by atoms with Crippen LogP contribution < -0.4 is 10.0 Å². The van der Waals surface area contributed by atoms with Gasteiger partial charge in [0.2, 0.25) is 0 Å². The summed E-state index contributed by atoms with van der Waals surface area (Å²) in [6.45, 7) is 2.48. The van der Waals surface area contributed by atoms with Gasteiger partial charge in [-0.3, -0.25) is 5.10 Å². The minimum Gasteiger partial charge on any atom is -0.316 e. The van der Waals surface area contributed by atoms with Crippen LogP contribution in [0.25, 0.3) is 0 Å². The predicted molar refractivity (Wildman–Crippen MR) is 72.2 cm³/mol. The van der Waals surface area contributed by atoms with Gasteiger partial charge in [-0.1, -0.05) is 0 Å². The average molecular weight is 301 g/mol. The fourth-order valence-electron chi connectivity index (χ4n) is 1.56. The molecular formula is C10H15N5O2S2. The largest absolute Gasteiger partial charge is 0.316 e. The maximum Gasteiger partial charge on any atom is 0.258 e. The minimum absolute atomic E-state index is 0.0927. The van der Waals surface area contributed by atoms with Crippen LogP contribution in [0.1, 0.15) is 16.3 Å². The summed E-state index contributed by atoms with van der Waals surface area (Å²) < 4.78 is 26.8. The van der Waals surface area contributed by atoms with Gasteiger partial charge in [0.25, 0.3) is 10.0 Å². The van der Waals surface area contributed by atoms with Crippen molar-refractivity contribution < 1.29 is 8.42 Å². The molecule has 0 aromatic carbocycles. The van der Waals surface area contributed by atoms with Crippen LogP contribution in [0.5, 0.6) is 0 Å². The van der Waals surface area contributed by atoms with E-state index < -0.39 is 10.0 Å². The average Bonchev–Trinajstić information content (AvgIpc) is 2.97. The zero-order valence-electron chi connectivity index (χ0n) is 10.6. The van der Waals surface area contributed by atoms with E-state index in [9.17, 15) is 8.42 Å². The standard InChI is InChI=1S/C10H15N5O2S2/c1-7-6-18-9(14-7)5-13-19(16,17)10-8(3-11-2)4-12-15-10/h4,6,11,13H,3,5H2,1-2H3,(H,12,15). The summed E-state index contributed by atoms with van der Waals surface area (Å²) in [5.41, 5.74) is 1.49. The summed E-state index contributed by atoms with van der Waals surface area (Å²) in [7, 11) is -1.85. The zero-order chi connectivity index (χ0) is 13.9. The van der Waals surface area contributed by atoms with E-state index in [0.717, 1.165) is 10.7 Å². The SMILES string of the molecule is CNCc1cn[nH]c1S(=O)(=O)NCc1nc(C)cs1. The minimum atomic E-state index is -3.60. The molecule has 0 radical (unpaired) electrons. The molecule has 0 saturated heterocycles. The molecule has 0 aliphatic rings. The van der Waals surface area contributed by atoms with Gasteiger partial charge in [0.15, 0.2) is 5.03 Å². The van der Waals surface area contributed by atoms with E-state index in [2.05, 4.69) is 25.2 Å². The van der Waals surface area contributed by atoms with E-state index in [0.29, 0.717) is 12.1 Å². The molecule has 9 heteroatoms. The molecule has 2 aromatic heterocycles. The lowest BCUT2D eigenvalue weighted by Crippen LogP contribution is -2.25. The molecule has 2 aromatic rings. The number of nitrogens with zero attached hydrogens (tertiary/aromatic N) is 2. The van der Waals surface area contributed by atoms with Gasteiger partial charge >= 0.3 is 0 Å². The first-order valence-electron chi connectivity index (χ1n) is 5.60. The number of nitrogens with one attached hydrogen (secondary N) is 3. The van der Waals surface area contributed by atoms with Crippen molar-refractivity contribution in [2.75, 3.05) is 7.05 Å². The normalized spacial score (nSPS) is 11.9. The van der Waals surface area contributed by atoms with Crippen LogP contribution in [0, 0.1) is 6.92 Å². The van der Waals surface area contributed by atoms with E-state index in [1.165, 1.54) is 17.5 Å². The quantitative estimate of drug-likeness (QED) is 0.716. The smallest absolute Gasteiger partial charge is 0.258 e. The van der Waals surface area contributed by atoms with Gasteiger partial charge in [0, 0.05) is 23.2 Å². The number of sulfonamides is 1. The van der Waals surface area contributed by atoms with Crippen molar-refractivity contribution >= 4 is 21.4 Å². The first-order chi connectivity index (χ1) is 9.03. The summed E-state index contributed by atoms with van der Waals surface area (Å²) >= 11 is 1.43. The van der Waals surface area contributed by atoms with Crippen molar-refractivity contribution in [1.29, 1.82) is 0 Å². The molecule has 0 spiro atoms. The Kier molecular flexibility index (Phi) is 4.30. The molecule has 0 amide bonds. The second-order valence-electron chi connectivity index (χ2n) is 3.96. The number of rotatable bonds is 6. The van der Waals surface area contributed by atoms with Gasteiger partial charge in [-0.25, -0.2) is 18.1 Å². The van der Waals surface area contributed by atoms with E-state index in [-0.39, 0.29) is 11.6 Å². The third kappa shape index (κ3) is 3.38. The van der Waals surface area contributed by atoms with Crippen molar-refractivity contribution in [2.45, 2.75) is 25.0 Å². The molecule has 104 valence electrons. The summed E-state index contributed by atoms with van der Waals surface area (Å²) in [5, 5.41) is 11.9. The molecule has 3 N–H and O–H groups in total. The number of hydrogen-bond donors (Lipinski definition) is 3. The fourth-order valence-corrected chi connectivity index (χ4v) is 3.48.